The molecule has 1 atom stereocenters. The van der Waals surface area contributed by atoms with Crippen LogP contribution in [0.25, 0.3) is 10.2 Å². The van der Waals surface area contributed by atoms with E-state index in [2.05, 4.69) is 34.4 Å². The van der Waals surface area contributed by atoms with E-state index in [-0.39, 0.29) is 18.7 Å². The topological polar surface area (TPSA) is 93.2 Å². The third-order valence-electron chi connectivity index (χ3n) is 4.43. The standard InChI is InChI=1S/C18H22N4O3S2/c1-5-11-14(17(23)25-6-2)12(22-18(24)21-11)7-26-15-13-9(3)10(4)27-16(13)20-8-19-15/h8,11H,5-7H2,1-4H3,(H2,21,22,24)/t11-/m1/s1. The number of fused-ring (bicyclic) bond motifs is 1. The molecule has 9 heteroatoms. The van der Waals surface area contributed by atoms with E-state index >= 15 is 0 Å². The van der Waals surface area contributed by atoms with Crippen LogP contribution in [-0.4, -0.2) is 40.4 Å². The van der Waals surface area contributed by atoms with Crippen LogP contribution in [0.15, 0.2) is 22.6 Å². The van der Waals surface area contributed by atoms with Crippen LogP contribution in [-0.2, 0) is 9.53 Å². The Labute approximate surface area is 166 Å². The number of aryl methyl sites for hydroxylation is 2. The summed E-state index contributed by atoms with van der Waals surface area (Å²) in [5.74, 6) is 0.0150. The van der Waals surface area contributed by atoms with Gasteiger partial charge in [0.1, 0.15) is 16.2 Å². The molecule has 0 saturated carbocycles. The molecule has 3 rings (SSSR count). The van der Waals surface area contributed by atoms with Gasteiger partial charge in [-0.3, -0.25) is 0 Å². The van der Waals surface area contributed by atoms with Crippen molar-refractivity contribution in [3.63, 3.8) is 0 Å². The van der Waals surface area contributed by atoms with Gasteiger partial charge in [-0.05, 0) is 32.8 Å². The van der Waals surface area contributed by atoms with Gasteiger partial charge < -0.3 is 15.4 Å². The monoisotopic (exact) mass is 406 g/mol. The molecule has 1 aliphatic rings. The van der Waals surface area contributed by atoms with E-state index in [0.717, 1.165) is 15.2 Å². The third kappa shape index (κ3) is 3.93. The summed E-state index contributed by atoms with van der Waals surface area (Å²) in [6.45, 7) is 8.10. The quantitative estimate of drug-likeness (QED) is 0.434. The molecule has 1 aliphatic heterocycles. The van der Waals surface area contributed by atoms with Crippen molar-refractivity contribution in [1.82, 2.24) is 20.6 Å². The maximum atomic E-state index is 12.5. The van der Waals surface area contributed by atoms with E-state index in [4.69, 9.17) is 4.74 Å². The summed E-state index contributed by atoms with van der Waals surface area (Å²) < 4.78 is 5.20. The first-order valence-corrected chi connectivity index (χ1v) is 10.6. The lowest BCUT2D eigenvalue weighted by Crippen LogP contribution is -2.50. The summed E-state index contributed by atoms with van der Waals surface area (Å²) >= 11 is 3.13. The molecule has 2 aromatic heterocycles. The van der Waals surface area contributed by atoms with Gasteiger partial charge in [0, 0.05) is 21.7 Å². The molecule has 2 aromatic rings. The number of urea groups is 1. The van der Waals surface area contributed by atoms with Crippen LogP contribution >= 0.6 is 23.1 Å². The first-order valence-electron chi connectivity index (χ1n) is 8.77. The molecule has 27 heavy (non-hydrogen) atoms. The average Bonchev–Trinajstić information content (AvgIpc) is 2.94. The highest BCUT2D eigenvalue weighted by Crippen LogP contribution is 2.35. The van der Waals surface area contributed by atoms with Crippen molar-refractivity contribution in [3.05, 3.63) is 28.0 Å². The Hall–Kier alpha value is -2.13. The smallest absolute Gasteiger partial charge is 0.337 e. The number of thiophene rings is 1. The summed E-state index contributed by atoms with van der Waals surface area (Å²) in [6, 6.07) is -0.662. The molecular formula is C18H22N4O3S2. The van der Waals surface area contributed by atoms with Crippen LogP contribution in [0.1, 0.15) is 30.7 Å². The number of ether oxygens (including phenoxy) is 1. The average molecular weight is 407 g/mol. The maximum Gasteiger partial charge on any atom is 0.337 e. The van der Waals surface area contributed by atoms with Gasteiger partial charge in [0.05, 0.1) is 18.2 Å². The van der Waals surface area contributed by atoms with E-state index in [1.54, 1.807) is 24.6 Å². The van der Waals surface area contributed by atoms with Crippen molar-refractivity contribution >= 4 is 45.3 Å². The molecule has 0 aliphatic carbocycles. The van der Waals surface area contributed by atoms with E-state index < -0.39 is 5.97 Å². The van der Waals surface area contributed by atoms with Crippen molar-refractivity contribution < 1.29 is 14.3 Å². The van der Waals surface area contributed by atoms with Crippen LogP contribution in [0.2, 0.25) is 0 Å². The molecule has 0 radical (unpaired) electrons. The number of carbonyl (C=O) groups excluding carboxylic acids is 2. The van der Waals surface area contributed by atoms with E-state index in [0.29, 0.717) is 23.4 Å². The van der Waals surface area contributed by atoms with E-state index in [1.165, 1.54) is 22.2 Å². The second kappa shape index (κ2) is 8.26. The fraction of sp³-hybridized carbons (Fsp3) is 0.444. The van der Waals surface area contributed by atoms with Crippen LogP contribution in [0.3, 0.4) is 0 Å². The van der Waals surface area contributed by atoms with Gasteiger partial charge in [-0.25, -0.2) is 19.6 Å². The van der Waals surface area contributed by atoms with Crippen LogP contribution < -0.4 is 10.6 Å². The van der Waals surface area contributed by atoms with Crippen LogP contribution in [0, 0.1) is 13.8 Å². The van der Waals surface area contributed by atoms with E-state index in [9.17, 15) is 9.59 Å². The molecule has 0 aromatic carbocycles. The Balaban J connectivity index is 1.94. The summed E-state index contributed by atoms with van der Waals surface area (Å²) in [5.41, 5.74) is 2.22. The second-order valence-corrected chi connectivity index (χ2v) is 8.27. The minimum atomic E-state index is -0.400. The minimum absolute atomic E-state index is 0.285. The summed E-state index contributed by atoms with van der Waals surface area (Å²) in [6.07, 6.45) is 2.16. The lowest BCUT2D eigenvalue weighted by atomic mass is 10.0. The van der Waals surface area contributed by atoms with Gasteiger partial charge >= 0.3 is 12.0 Å². The SMILES string of the molecule is CCOC(=O)C1=C(CSc2ncnc3sc(C)c(C)c23)NC(=O)N[C@@H]1CC. The van der Waals surface area contributed by atoms with Gasteiger partial charge in [-0.15, -0.1) is 11.3 Å². The predicted molar refractivity (Wildman–Crippen MR) is 107 cm³/mol. The lowest BCUT2D eigenvalue weighted by Gasteiger charge is -2.28. The normalized spacial score (nSPS) is 17.0. The highest BCUT2D eigenvalue weighted by Gasteiger charge is 2.31. The zero-order valence-corrected chi connectivity index (χ0v) is 17.3. The van der Waals surface area contributed by atoms with Gasteiger partial charge in [-0.2, -0.15) is 0 Å². The van der Waals surface area contributed by atoms with Gasteiger partial charge in [0.25, 0.3) is 0 Å². The summed E-state index contributed by atoms with van der Waals surface area (Å²) in [4.78, 5) is 35.4. The Morgan fingerprint density at radius 3 is 2.81 bits per heavy atom. The van der Waals surface area contributed by atoms with E-state index in [1.807, 2.05) is 6.92 Å². The van der Waals surface area contributed by atoms with Crippen molar-refractivity contribution in [1.29, 1.82) is 0 Å². The first-order chi connectivity index (χ1) is 13.0. The fourth-order valence-electron chi connectivity index (χ4n) is 2.98. The molecule has 144 valence electrons. The van der Waals surface area contributed by atoms with Gasteiger partial charge in [-0.1, -0.05) is 18.7 Å². The molecular weight excluding hydrogens is 384 g/mol. The van der Waals surface area contributed by atoms with Gasteiger partial charge in [0.15, 0.2) is 0 Å². The van der Waals surface area contributed by atoms with Crippen molar-refractivity contribution in [2.45, 2.75) is 45.2 Å². The van der Waals surface area contributed by atoms with Crippen molar-refractivity contribution in [2.75, 3.05) is 12.4 Å². The van der Waals surface area contributed by atoms with Crippen LogP contribution in [0.4, 0.5) is 4.79 Å². The Morgan fingerprint density at radius 1 is 1.33 bits per heavy atom. The molecule has 0 unspecified atom stereocenters. The number of amides is 2. The number of rotatable bonds is 6. The number of hydrogen-bond acceptors (Lipinski definition) is 7. The zero-order chi connectivity index (χ0) is 19.6. The summed E-state index contributed by atoms with van der Waals surface area (Å²) in [5, 5.41) is 7.44. The molecule has 0 fully saturated rings. The molecule has 2 amide bonds. The fourth-order valence-corrected chi connectivity index (χ4v) is 5.06. The first kappa shape index (κ1) is 19.6. The Kier molecular flexibility index (Phi) is 6.01. The number of thioether (sulfide) groups is 1. The number of esters is 1. The lowest BCUT2D eigenvalue weighted by molar-refractivity contribution is -0.139. The highest BCUT2D eigenvalue weighted by molar-refractivity contribution is 7.99. The molecule has 2 N–H and O–H groups in total. The number of nitrogens with one attached hydrogen (secondary N) is 2. The molecule has 0 bridgehead atoms. The Bertz CT molecular complexity index is 923. The molecule has 3 heterocycles. The number of aromatic nitrogens is 2. The number of hydrogen-bond donors (Lipinski definition) is 2. The maximum absolute atomic E-state index is 12.5. The third-order valence-corrected chi connectivity index (χ3v) is 6.56. The number of carbonyl (C=O) groups is 2. The number of nitrogens with zero attached hydrogens (tertiary/aromatic N) is 2. The molecule has 7 nitrogen and oxygen atoms in total. The zero-order valence-electron chi connectivity index (χ0n) is 15.7. The predicted octanol–water partition coefficient (Wildman–Crippen LogP) is 3.31. The van der Waals surface area contributed by atoms with Gasteiger partial charge in [0.2, 0.25) is 0 Å². The van der Waals surface area contributed by atoms with Crippen LogP contribution in [0.5, 0.6) is 0 Å². The second-order valence-electron chi connectivity index (χ2n) is 6.10. The summed E-state index contributed by atoms with van der Waals surface area (Å²) in [7, 11) is 0. The Morgan fingerprint density at radius 2 is 2.11 bits per heavy atom. The van der Waals surface area contributed by atoms with Crippen molar-refractivity contribution in [2.24, 2.45) is 0 Å². The minimum Gasteiger partial charge on any atom is -0.463 e. The largest absolute Gasteiger partial charge is 0.463 e. The highest BCUT2D eigenvalue weighted by atomic mass is 32.2. The van der Waals surface area contributed by atoms with Crippen molar-refractivity contribution in [3.8, 4) is 0 Å². The molecule has 0 spiro atoms. The molecule has 0 saturated heterocycles.